The van der Waals surface area contributed by atoms with Crippen LogP contribution in [0.4, 0.5) is 0 Å². The number of aromatic nitrogens is 2. The van der Waals surface area contributed by atoms with Gasteiger partial charge in [0.2, 0.25) is 0 Å². The topological polar surface area (TPSA) is 78.5 Å². The van der Waals surface area contributed by atoms with Crippen LogP contribution < -0.4 is 4.74 Å². The third-order valence-corrected chi connectivity index (χ3v) is 6.28. The summed E-state index contributed by atoms with van der Waals surface area (Å²) in [7, 11) is 0. The molecule has 7 heteroatoms. The molecule has 0 spiro atoms. The van der Waals surface area contributed by atoms with E-state index in [4.69, 9.17) is 16.3 Å². The first-order valence-corrected chi connectivity index (χ1v) is 11.2. The highest BCUT2D eigenvalue weighted by atomic mass is 35.5. The number of aromatic hydroxyl groups is 1. The molecule has 0 aliphatic carbocycles. The Morgan fingerprint density at radius 1 is 1.15 bits per heavy atom. The summed E-state index contributed by atoms with van der Waals surface area (Å²) in [6, 6.07) is 19.9. The van der Waals surface area contributed by atoms with Gasteiger partial charge in [-0.25, -0.2) is 0 Å². The molecule has 2 heterocycles. The molecule has 6 nitrogen and oxygen atoms in total. The number of ether oxygens (including phenoxy) is 1. The van der Waals surface area contributed by atoms with E-state index in [0.29, 0.717) is 45.6 Å². The van der Waals surface area contributed by atoms with Gasteiger partial charge in [0.25, 0.3) is 5.91 Å². The summed E-state index contributed by atoms with van der Waals surface area (Å²) in [6.07, 6.45) is 1.69. The average Bonchev–Trinajstić information content (AvgIpc) is 3.37. The Morgan fingerprint density at radius 2 is 1.91 bits per heavy atom. The average molecular weight is 472 g/mol. The smallest absolute Gasteiger partial charge is 0.273 e. The predicted molar refractivity (Wildman–Crippen MR) is 131 cm³/mol. The first-order valence-electron chi connectivity index (χ1n) is 10.8. The van der Waals surface area contributed by atoms with Crippen molar-refractivity contribution < 1.29 is 14.6 Å². The second-order valence-electron chi connectivity index (χ2n) is 8.12. The molecule has 170 valence electrons. The zero-order valence-corrected chi connectivity index (χ0v) is 19.2. The number of hydrogen-bond donors (Lipinski definition) is 2. The van der Waals surface area contributed by atoms with Crippen LogP contribution in [0, 0.1) is 6.92 Å². The van der Waals surface area contributed by atoms with Gasteiger partial charge in [0.05, 0.1) is 6.04 Å². The van der Waals surface area contributed by atoms with Gasteiger partial charge in [0.1, 0.15) is 28.6 Å². The Hall–Kier alpha value is -4.03. The Labute approximate surface area is 202 Å². The van der Waals surface area contributed by atoms with Crippen molar-refractivity contribution in [3.05, 3.63) is 107 Å². The molecule has 34 heavy (non-hydrogen) atoms. The van der Waals surface area contributed by atoms with Gasteiger partial charge in [-0.15, -0.1) is 6.58 Å². The number of hydrogen-bond acceptors (Lipinski definition) is 4. The molecule has 1 aromatic heterocycles. The zero-order chi connectivity index (χ0) is 23.8. The minimum absolute atomic E-state index is 0.0470. The highest BCUT2D eigenvalue weighted by Crippen LogP contribution is 2.45. The second-order valence-corrected chi connectivity index (χ2v) is 8.52. The molecule has 3 aromatic carbocycles. The number of nitrogens with one attached hydrogen (secondary N) is 1. The third kappa shape index (κ3) is 3.72. The number of para-hydroxylation sites is 1. The van der Waals surface area contributed by atoms with Gasteiger partial charge < -0.3 is 14.7 Å². The van der Waals surface area contributed by atoms with Gasteiger partial charge in [-0.05, 0) is 54.4 Å². The van der Waals surface area contributed by atoms with Crippen LogP contribution in [0.1, 0.15) is 33.2 Å². The van der Waals surface area contributed by atoms with E-state index in [1.54, 1.807) is 23.1 Å². The lowest BCUT2D eigenvalue weighted by Gasteiger charge is -2.25. The van der Waals surface area contributed by atoms with Crippen LogP contribution in [-0.2, 0) is 0 Å². The van der Waals surface area contributed by atoms with E-state index in [1.165, 1.54) is 0 Å². The van der Waals surface area contributed by atoms with Crippen LogP contribution in [0.5, 0.6) is 17.2 Å². The molecular weight excluding hydrogens is 450 g/mol. The molecular formula is C27H22ClN3O3. The van der Waals surface area contributed by atoms with Gasteiger partial charge in [-0.3, -0.25) is 9.89 Å². The van der Waals surface area contributed by atoms with Gasteiger partial charge in [0, 0.05) is 22.7 Å². The molecule has 1 amide bonds. The van der Waals surface area contributed by atoms with Crippen LogP contribution in [-0.4, -0.2) is 32.7 Å². The van der Waals surface area contributed by atoms with Crippen molar-refractivity contribution in [3.63, 3.8) is 0 Å². The van der Waals surface area contributed by atoms with E-state index >= 15 is 0 Å². The summed E-state index contributed by atoms with van der Waals surface area (Å²) in [5.74, 6) is 1.22. The number of phenols is 1. The predicted octanol–water partition coefficient (Wildman–Crippen LogP) is 6.27. The van der Waals surface area contributed by atoms with Crippen LogP contribution in [0.15, 0.2) is 79.4 Å². The van der Waals surface area contributed by atoms with Crippen molar-refractivity contribution in [2.75, 3.05) is 6.54 Å². The van der Waals surface area contributed by atoms with E-state index in [9.17, 15) is 9.90 Å². The molecule has 0 fully saturated rings. The van der Waals surface area contributed by atoms with Crippen LogP contribution >= 0.6 is 11.6 Å². The second kappa shape index (κ2) is 8.72. The van der Waals surface area contributed by atoms with E-state index in [0.717, 1.165) is 11.1 Å². The summed E-state index contributed by atoms with van der Waals surface area (Å²) in [5, 5.41) is 18.5. The highest BCUT2D eigenvalue weighted by molar-refractivity contribution is 6.31. The summed E-state index contributed by atoms with van der Waals surface area (Å²) >= 11 is 6.36. The molecule has 1 aliphatic heterocycles. The SMILES string of the molecule is C=CCN1C(=O)c2[nH]nc(-c3cc(Cl)c(C)cc3O)c2C1c1cccc(Oc2ccccc2)c1. The standard InChI is InChI=1S/C27H22ClN3O3/c1-3-12-31-26(17-8-7-11-19(14-17)34-18-9-5-4-6-10-18)23-24(29-30-25(23)27(31)33)20-15-21(28)16(2)13-22(20)32/h3-11,13-15,26,32H,1,12H2,2H3,(H,29,30). The number of amides is 1. The summed E-state index contributed by atoms with van der Waals surface area (Å²) in [6.45, 7) is 5.98. The number of rotatable bonds is 6. The Morgan fingerprint density at radius 3 is 2.68 bits per heavy atom. The molecule has 1 unspecified atom stereocenters. The number of carbonyl (C=O) groups excluding carboxylic acids is 1. The Kier molecular flexibility index (Phi) is 5.59. The molecule has 0 bridgehead atoms. The fraction of sp³-hybridized carbons (Fsp3) is 0.111. The maximum atomic E-state index is 13.3. The number of nitrogens with zero attached hydrogens (tertiary/aromatic N) is 2. The normalized spacial score (nSPS) is 14.8. The molecule has 5 rings (SSSR count). The summed E-state index contributed by atoms with van der Waals surface area (Å²) < 4.78 is 6.03. The maximum Gasteiger partial charge on any atom is 0.273 e. The number of fused-ring (bicyclic) bond motifs is 1. The van der Waals surface area contributed by atoms with Crippen LogP contribution in [0.2, 0.25) is 5.02 Å². The molecule has 2 N–H and O–H groups in total. The van der Waals surface area contributed by atoms with Crippen LogP contribution in [0.25, 0.3) is 11.3 Å². The molecule has 4 aromatic rings. The van der Waals surface area contributed by atoms with Crippen molar-refractivity contribution >= 4 is 17.5 Å². The van der Waals surface area contributed by atoms with E-state index in [1.807, 2.05) is 61.5 Å². The van der Waals surface area contributed by atoms with Crippen molar-refractivity contribution in [3.8, 4) is 28.5 Å². The fourth-order valence-corrected chi connectivity index (χ4v) is 4.47. The molecule has 0 radical (unpaired) electrons. The van der Waals surface area contributed by atoms with E-state index in [2.05, 4.69) is 16.8 Å². The molecule has 1 aliphatic rings. The minimum Gasteiger partial charge on any atom is -0.507 e. The Balaban J connectivity index is 1.63. The minimum atomic E-state index is -0.451. The fourth-order valence-electron chi connectivity index (χ4n) is 4.30. The van der Waals surface area contributed by atoms with E-state index in [-0.39, 0.29) is 11.7 Å². The van der Waals surface area contributed by atoms with Crippen molar-refractivity contribution in [2.24, 2.45) is 0 Å². The largest absolute Gasteiger partial charge is 0.507 e. The van der Waals surface area contributed by atoms with Gasteiger partial charge in [-0.2, -0.15) is 5.10 Å². The monoisotopic (exact) mass is 471 g/mol. The van der Waals surface area contributed by atoms with Gasteiger partial charge >= 0.3 is 0 Å². The summed E-state index contributed by atoms with van der Waals surface area (Å²) in [4.78, 5) is 15.0. The number of aryl methyl sites for hydroxylation is 1. The lowest BCUT2D eigenvalue weighted by molar-refractivity contribution is 0.0764. The van der Waals surface area contributed by atoms with E-state index < -0.39 is 6.04 Å². The lowest BCUT2D eigenvalue weighted by atomic mass is 9.95. The maximum absolute atomic E-state index is 13.3. The van der Waals surface area contributed by atoms with Crippen molar-refractivity contribution in [1.29, 1.82) is 0 Å². The number of H-pyrrole nitrogens is 1. The quantitative estimate of drug-likeness (QED) is 0.325. The summed E-state index contributed by atoms with van der Waals surface area (Å²) in [5.41, 5.74) is 3.60. The lowest BCUT2D eigenvalue weighted by Crippen LogP contribution is -2.29. The molecule has 0 saturated heterocycles. The van der Waals surface area contributed by atoms with Crippen LogP contribution in [0.3, 0.4) is 0 Å². The van der Waals surface area contributed by atoms with Gasteiger partial charge in [0.15, 0.2) is 0 Å². The first-order chi connectivity index (χ1) is 16.5. The first kappa shape index (κ1) is 21.8. The Bertz CT molecular complexity index is 1400. The van der Waals surface area contributed by atoms with Gasteiger partial charge in [-0.1, -0.05) is 48.0 Å². The number of phenolic OH excluding ortho intramolecular Hbond substituents is 1. The van der Waals surface area contributed by atoms with Crippen molar-refractivity contribution in [2.45, 2.75) is 13.0 Å². The number of halogens is 1. The number of benzene rings is 3. The zero-order valence-electron chi connectivity index (χ0n) is 18.5. The number of carbonyl (C=O) groups is 1. The molecule has 0 saturated carbocycles. The molecule has 1 atom stereocenters. The third-order valence-electron chi connectivity index (χ3n) is 5.87. The van der Waals surface area contributed by atoms with Crippen molar-refractivity contribution in [1.82, 2.24) is 15.1 Å². The highest BCUT2D eigenvalue weighted by Gasteiger charge is 2.42. The number of aromatic amines is 1.